The fourth-order valence-electron chi connectivity index (χ4n) is 5.94. The van der Waals surface area contributed by atoms with Gasteiger partial charge in [0.25, 0.3) is 0 Å². The Morgan fingerprint density at radius 1 is 1.20 bits per heavy atom. The van der Waals surface area contributed by atoms with Gasteiger partial charge < -0.3 is 15.9 Å². The number of alkyl halides is 2. The van der Waals surface area contributed by atoms with Gasteiger partial charge in [-0.15, -0.1) is 0 Å². The van der Waals surface area contributed by atoms with Crippen LogP contribution in [0.1, 0.15) is 58.9 Å². The molecule has 0 amide bonds. The van der Waals surface area contributed by atoms with Crippen molar-refractivity contribution in [3.8, 4) is 5.75 Å². The van der Waals surface area contributed by atoms with Crippen LogP contribution in [-0.4, -0.2) is 77.1 Å². The first kappa shape index (κ1) is 25.9. The average molecular weight is 491 g/mol. The van der Waals surface area contributed by atoms with Gasteiger partial charge >= 0.3 is 6.61 Å². The third-order valence-corrected chi connectivity index (χ3v) is 8.18. The van der Waals surface area contributed by atoms with Gasteiger partial charge in [-0.25, -0.2) is 4.98 Å². The van der Waals surface area contributed by atoms with Gasteiger partial charge in [-0.1, -0.05) is 6.92 Å². The quantitative estimate of drug-likeness (QED) is 0.477. The molecular formula is C26H40F2N6O. The summed E-state index contributed by atoms with van der Waals surface area (Å²) in [5.74, 6) is 1.41. The average Bonchev–Trinajstić information content (AvgIpc) is 3.32. The predicted octanol–water partition coefficient (Wildman–Crippen LogP) is 4.31. The van der Waals surface area contributed by atoms with E-state index in [1.54, 1.807) is 0 Å². The molecule has 2 aliphatic carbocycles. The maximum absolute atomic E-state index is 12.7. The molecule has 4 rings (SSSR count). The van der Waals surface area contributed by atoms with Crippen LogP contribution in [0.5, 0.6) is 5.75 Å². The van der Waals surface area contributed by atoms with Crippen molar-refractivity contribution in [1.82, 2.24) is 14.8 Å². The minimum absolute atomic E-state index is 0.104. The summed E-state index contributed by atoms with van der Waals surface area (Å²) in [5, 5.41) is 8.67. The summed E-state index contributed by atoms with van der Waals surface area (Å²) in [6, 6.07) is 2.86. The molecule has 2 heterocycles. The van der Waals surface area contributed by atoms with Crippen LogP contribution in [-0.2, 0) is 0 Å². The Morgan fingerprint density at radius 2 is 1.86 bits per heavy atom. The molecule has 3 aliphatic rings. The second-order valence-electron chi connectivity index (χ2n) is 10.7. The number of nitrogens with one attached hydrogen (secondary N) is 1. The number of pyridine rings is 1. The van der Waals surface area contributed by atoms with Gasteiger partial charge in [0.1, 0.15) is 0 Å². The molecule has 3 N–H and O–H groups in total. The van der Waals surface area contributed by atoms with E-state index in [2.05, 4.69) is 47.2 Å². The van der Waals surface area contributed by atoms with E-state index in [0.29, 0.717) is 47.5 Å². The molecular weight excluding hydrogens is 450 g/mol. The molecule has 0 aromatic carbocycles. The number of hydrogen-bond acceptors (Lipinski definition) is 7. The van der Waals surface area contributed by atoms with E-state index in [4.69, 9.17) is 16.1 Å². The summed E-state index contributed by atoms with van der Waals surface area (Å²) in [4.78, 5) is 14.2. The van der Waals surface area contributed by atoms with Crippen molar-refractivity contribution in [2.75, 3.05) is 31.9 Å². The molecule has 35 heavy (non-hydrogen) atoms. The molecule has 3 unspecified atom stereocenters. The van der Waals surface area contributed by atoms with Crippen molar-refractivity contribution in [1.29, 1.82) is 5.41 Å². The minimum atomic E-state index is -2.99. The fourth-order valence-corrected chi connectivity index (χ4v) is 5.94. The molecule has 0 spiro atoms. The van der Waals surface area contributed by atoms with Gasteiger partial charge in [0.2, 0.25) is 0 Å². The second-order valence-corrected chi connectivity index (χ2v) is 10.7. The highest BCUT2D eigenvalue weighted by Gasteiger charge is 2.58. The molecule has 1 aromatic rings. The third kappa shape index (κ3) is 6.00. The van der Waals surface area contributed by atoms with Crippen LogP contribution < -0.4 is 10.5 Å². The van der Waals surface area contributed by atoms with Crippen LogP contribution >= 0.6 is 0 Å². The topological polar surface area (TPSA) is 90.8 Å². The van der Waals surface area contributed by atoms with Crippen LogP contribution in [0.3, 0.4) is 0 Å². The monoisotopic (exact) mass is 490 g/mol. The molecule has 3 atom stereocenters. The molecule has 1 aromatic heterocycles. The Morgan fingerprint density at radius 3 is 2.43 bits per heavy atom. The molecule has 1 aliphatic heterocycles. The van der Waals surface area contributed by atoms with Crippen molar-refractivity contribution in [3.05, 3.63) is 17.8 Å². The van der Waals surface area contributed by atoms with Gasteiger partial charge in [-0.2, -0.15) is 8.78 Å². The first-order valence-corrected chi connectivity index (χ1v) is 13.0. The number of aliphatic imine (C=N–C) groups is 1. The molecule has 0 bridgehead atoms. The van der Waals surface area contributed by atoms with Crippen molar-refractivity contribution < 1.29 is 13.5 Å². The smallest absolute Gasteiger partial charge is 0.387 e. The van der Waals surface area contributed by atoms with E-state index in [0.717, 1.165) is 38.3 Å². The van der Waals surface area contributed by atoms with E-state index in [9.17, 15) is 8.78 Å². The highest BCUT2D eigenvalue weighted by atomic mass is 19.3. The van der Waals surface area contributed by atoms with E-state index in [1.807, 2.05) is 0 Å². The van der Waals surface area contributed by atoms with E-state index >= 15 is 0 Å². The summed E-state index contributed by atoms with van der Waals surface area (Å²) in [5.41, 5.74) is 7.50. The SMILES string of the molecule is CCC(C)N=C(CC(=N)c1cnc(N)c(OC(F)F)c1)C1C2CC(N3CCN(C(C)C)CC3)CC21. The summed E-state index contributed by atoms with van der Waals surface area (Å²) >= 11 is 0. The largest absolute Gasteiger partial charge is 0.431 e. The Balaban J connectivity index is 1.39. The number of ether oxygens (including phenoxy) is 1. The van der Waals surface area contributed by atoms with Crippen LogP contribution in [0.25, 0.3) is 0 Å². The first-order valence-electron chi connectivity index (χ1n) is 13.0. The lowest BCUT2D eigenvalue weighted by Gasteiger charge is -2.40. The van der Waals surface area contributed by atoms with Gasteiger partial charge in [0, 0.05) is 79.8 Å². The van der Waals surface area contributed by atoms with Crippen molar-refractivity contribution in [2.45, 2.75) is 78.1 Å². The van der Waals surface area contributed by atoms with Crippen LogP contribution in [0.4, 0.5) is 14.6 Å². The number of rotatable bonds is 10. The number of nitrogens with two attached hydrogens (primary N) is 1. The zero-order valence-corrected chi connectivity index (χ0v) is 21.4. The Bertz CT molecular complexity index is 918. The lowest BCUT2D eigenvalue weighted by molar-refractivity contribution is -0.0495. The highest BCUT2D eigenvalue weighted by molar-refractivity contribution is 6.12. The molecule has 2 saturated carbocycles. The molecule has 7 nitrogen and oxygen atoms in total. The summed E-state index contributed by atoms with van der Waals surface area (Å²) < 4.78 is 29.9. The van der Waals surface area contributed by atoms with Gasteiger partial charge in [0.15, 0.2) is 11.6 Å². The second kappa shape index (κ2) is 10.9. The molecule has 0 radical (unpaired) electrons. The van der Waals surface area contributed by atoms with Crippen LogP contribution in [0.2, 0.25) is 0 Å². The number of fused-ring (bicyclic) bond motifs is 1. The number of anilines is 1. The van der Waals surface area contributed by atoms with Crippen LogP contribution in [0, 0.1) is 23.2 Å². The maximum atomic E-state index is 12.7. The number of aromatic nitrogens is 1. The van der Waals surface area contributed by atoms with Crippen LogP contribution in [0.15, 0.2) is 17.3 Å². The third-order valence-electron chi connectivity index (χ3n) is 8.18. The molecule has 1 saturated heterocycles. The zero-order valence-electron chi connectivity index (χ0n) is 21.4. The van der Waals surface area contributed by atoms with E-state index in [-0.39, 0.29) is 17.6 Å². The van der Waals surface area contributed by atoms with E-state index < -0.39 is 6.61 Å². The zero-order chi connectivity index (χ0) is 25.3. The summed E-state index contributed by atoms with van der Waals surface area (Å²) in [6.07, 6.45) is 5.22. The van der Waals surface area contributed by atoms with Gasteiger partial charge in [-0.05, 0) is 57.9 Å². The standard InChI is InChI=1S/C26H40F2N6O/c1-5-16(4)32-22(13-21(29)17-10-23(35-26(27)28)25(30)31-14-17)24-19-11-18(12-20(19)24)34-8-6-33(7-9-34)15(2)3/h10,14-16,18-20,24,26,29H,5-9,11-13H2,1-4H3,(H2,30,31). The van der Waals surface area contributed by atoms with E-state index in [1.165, 1.54) is 25.1 Å². The summed E-state index contributed by atoms with van der Waals surface area (Å²) in [7, 11) is 0. The lowest BCUT2D eigenvalue weighted by Crippen LogP contribution is -2.51. The molecule has 9 heteroatoms. The predicted molar refractivity (Wildman–Crippen MR) is 136 cm³/mol. The summed E-state index contributed by atoms with van der Waals surface area (Å²) in [6.45, 7) is 10.4. The highest BCUT2D eigenvalue weighted by Crippen LogP contribution is 2.59. The Hall–Kier alpha value is -2.13. The number of hydrogen-bond donors (Lipinski definition) is 2. The van der Waals surface area contributed by atoms with Crippen molar-refractivity contribution in [2.24, 2.45) is 22.7 Å². The number of piperazine rings is 1. The maximum Gasteiger partial charge on any atom is 0.387 e. The Labute approximate surface area is 207 Å². The number of nitrogens with zero attached hydrogens (tertiary/aromatic N) is 4. The molecule has 3 fully saturated rings. The van der Waals surface area contributed by atoms with Crippen molar-refractivity contribution >= 4 is 17.2 Å². The lowest BCUT2D eigenvalue weighted by atomic mass is 9.96. The van der Waals surface area contributed by atoms with Gasteiger partial charge in [0.05, 0.1) is 0 Å². The minimum Gasteiger partial charge on any atom is -0.431 e. The first-order chi connectivity index (χ1) is 16.7. The number of halogens is 2. The van der Waals surface area contributed by atoms with Gasteiger partial charge in [-0.3, -0.25) is 14.8 Å². The fraction of sp³-hybridized carbons (Fsp3) is 0.731. The number of nitrogen functional groups attached to an aromatic ring is 1. The Kier molecular flexibility index (Phi) is 8.06. The molecule has 194 valence electrons. The normalized spacial score (nSPS) is 28.4. The van der Waals surface area contributed by atoms with Crippen molar-refractivity contribution in [3.63, 3.8) is 0 Å².